The maximum absolute atomic E-state index is 11.5. The molecule has 4 nitrogen and oxygen atoms in total. The second-order valence-electron chi connectivity index (χ2n) is 5.40. The Kier molecular flexibility index (Phi) is 4.04. The van der Waals surface area contributed by atoms with Crippen LogP contribution in [0.5, 0.6) is 0 Å². The third-order valence-corrected chi connectivity index (χ3v) is 4.28. The zero-order valence-electron chi connectivity index (χ0n) is 10.5. The number of carboxylic acid groups (broad SMARTS) is 2. The molecule has 2 rings (SSSR count). The van der Waals surface area contributed by atoms with Crippen molar-refractivity contribution >= 4 is 11.9 Å². The fourth-order valence-electron chi connectivity index (χ4n) is 3.45. The summed E-state index contributed by atoms with van der Waals surface area (Å²) in [4.78, 5) is 22.9. The summed E-state index contributed by atoms with van der Waals surface area (Å²) in [5.74, 6) is -2.14. The summed E-state index contributed by atoms with van der Waals surface area (Å²) in [5.41, 5.74) is 0.402. The number of carboxylic acids is 2. The molecule has 2 fully saturated rings. The van der Waals surface area contributed by atoms with E-state index in [2.05, 4.69) is 0 Å². The van der Waals surface area contributed by atoms with Crippen LogP contribution in [0.4, 0.5) is 0 Å². The molecule has 18 heavy (non-hydrogen) atoms. The molecule has 0 amide bonds. The van der Waals surface area contributed by atoms with Crippen molar-refractivity contribution in [3.63, 3.8) is 0 Å². The van der Waals surface area contributed by atoms with Gasteiger partial charge in [0.2, 0.25) is 0 Å². The van der Waals surface area contributed by atoms with Gasteiger partial charge in [0.25, 0.3) is 0 Å². The van der Waals surface area contributed by atoms with Gasteiger partial charge in [-0.2, -0.15) is 0 Å². The number of aliphatic carboxylic acids is 2. The first-order valence-corrected chi connectivity index (χ1v) is 6.82. The van der Waals surface area contributed by atoms with Gasteiger partial charge < -0.3 is 10.2 Å². The average molecular weight is 252 g/mol. The van der Waals surface area contributed by atoms with Crippen molar-refractivity contribution in [1.82, 2.24) is 0 Å². The van der Waals surface area contributed by atoms with E-state index < -0.39 is 11.9 Å². The van der Waals surface area contributed by atoms with Gasteiger partial charge in [-0.3, -0.25) is 0 Å². The molecule has 2 saturated carbocycles. The van der Waals surface area contributed by atoms with Crippen LogP contribution < -0.4 is 0 Å². The van der Waals surface area contributed by atoms with Gasteiger partial charge in [0.15, 0.2) is 0 Å². The van der Waals surface area contributed by atoms with Crippen LogP contribution in [-0.4, -0.2) is 22.2 Å². The van der Waals surface area contributed by atoms with Crippen LogP contribution in [0.15, 0.2) is 11.1 Å². The Hall–Kier alpha value is -1.32. The lowest BCUT2D eigenvalue weighted by Crippen LogP contribution is -2.21. The minimum Gasteiger partial charge on any atom is -0.478 e. The molecule has 0 unspecified atom stereocenters. The fourth-order valence-corrected chi connectivity index (χ4v) is 3.45. The highest BCUT2D eigenvalue weighted by Gasteiger charge is 2.34. The van der Waals surface area contributed by atoms with Gasteiger partial charge in [-0.15, -0.1) is 0 Å². The SMILES string of the molecule is O=C(O)/C(=C(\C(=O)O)C1CCCC1)C1CCCC1. The third kappa shape index (κ3) is 2.57. The quantitative estimate of drug-likeness (QED) is 0.754. The van der Waals surface area contributed by atoms with E-state index in [4.69, 9.17) is 0 Å². The second-order valence-corrected chi connectivity index (χ2v) is 5.40. The molecule has 0 aromatic heterocycles. The molecular weight excluding hydrogens is 232 g/mol. The van der Waals surface area contributed by atoms with Crippen LogP contribution in [0.3, 0.4) is 0 Å². The highest BCUT2D eigenvalue weighted by atomic mass is 16.4. The molecule has 0 aromatic carbocycles. The largest absolute Gasteiger partial charge is 0.478 e. The van der Waals surface area contributed by atoms with Crippen molar-refractivity contribution in [2.24, 2.45) is 11.8 Å². The maximum atomic E-state index is 11.5. The zero-order chi connectivity index (χ0) is 13.1. The highest BCUT2D eigenvalue weighted by molar-refractivity contribution is 5.99. The molecule has 100 valence electrons. The number of rotatable bonds is 4. The first-order valence-electron chi connectivity index (χ1n) is 6.82. The van der Waals surface area contributed by atoms with Gasteiger partial charge >= 0.3 is 11.9 Å². The zero-order valence-corrected chi connectivity index (χ0v) is 10.5. The Balaban J connectivity index is 2.38. The number of hydrogen-bond donors (Lipinski definition) is 2. The standard InChI is InChI=1S/C14H20O4/c15-13(16)11(9-5-1-2-6-9)12(14(17)18)10-7-3-4-8-10/h9-10H,1-8H2,(H,15,16)(H,17,18)/b12-11-. The van der Waals surface area contributed by atoms with E-state index in [0.717, 1.165) is 51.4 Å². The fraction of sp³-hybridized carbons (Fsp3) is 0.714. The summed E-state index contributed by atoms with van der Waals surface area (Å²) in [7, 11) is 0. The monoisotopic (exact) mass is 252 g/mol. The van der Waals surface area contributed by atoms with Crippen LogP contribution in [0.1, 0.15) is 51.4 Å². The molecule has 0 spiro atoms. The predicted molar refractivity (Wildman–Crippen MR) is 66.2 cm³/mol. The smallest absolute Gasteiger partial charge is 0.332 e. The molecule has 0 saturated heterocycles. The second kappa shape index (κ2) is 5.55. The summed E-state index contributed by atoms with van der Waals surface area (Å²) in [6, 6.07) is 0. The van der Waals surface area contributed by atoms with E-state index in [-0.39, 0.29) is 23.0 Å². The van der Waals surface area contributed by atoms with Crippen LogP contribution in [-0.2, 0) is 9.59 Å². The Morgan fingerprint density at radius 1 is 0.667 bits per heavy atom. The van der Waals surface area contributed by atoms with Crippen molar-refractivity contribution in [2.75, 3.05) is 0 Å². The lowest BCUT2D eigenvalue weighted by atomic mass is 9.85. The Morgan fingerprint density at radius 2 is 0.944 bits per heavy atom. The summed E-state index contributed by atoms with van der Waals surface area (Å²) < 4.78 is 0. The van der Waals surface area contributed by atoms with Crippen LogP contribution >= 0.6 is 0 Å². The normalized spacial score (nSPS) is 23.1. The van der Waals surface area contributed by atoms with Crippen LogP contribution in [0.25, 0.3) is 0 Å². The van der Waals surface area contributed by atoms with Crippen molar-refractivity contribution in [3.8, 4) is 0 Å². The third-order valence-electron chi connectivity index (χ3n) is 4.28. The van der Waals surface area contributed by atoms with Crippen molar-refractivity contribution in [2.45, 2.75) is 51.4 Å². The molecular formula is C14H20O4. The van der Waals surface area contributed by atoms with E-state index in [1.54, 1.807) is 0 Å². The minimum atomic E-state index is -1.02. The number of carbonyl (C=O) groups is 2. The Morgan fingerprint density at radius 3 is 1.17 bits per heavy atom. The Bertz CT molecular complexity index is 335. The van der Waals surface area contributed by atoms with E-state index in [9.17, 15) is 19.8 Å². The first kappa shape index (κ1) is 13.1. The van der Waals surface area contributed by atoms with E-state index >= 15 is 0 Å². The highest BCUT2D eigenvalue weighted by Crippen LogP contribution is 2.39. The summed E-state index contributed by atoms with van der Waals surface area (Å²) in [6.45, 7) is 0. The topological polar surface area (TPSA) is 74.6 Å². The molecule has 0 heterocycles. The lowest BCUT2D eigenvalue weighted by Gasteiger charge is -2.18. The van der Waals surface area contributed by atoms with E-state index in [1.807, 2.05) is 0 Å². The molecule has 2 aliphatic rings. The van der Waals surface area contributed by atoms with Gasteiger partial charge in [0.05, 0.1) is 11.1 Å². The van der Waals surface area contributed by atoms with Gasteiger partial charge in [0.1, 0.15) is 0 Å². The maximum Gasteiger partial charge on any atom is 0.332 e. The van der Waals surface area contributed by atoms with E-state index in [1.165, 1.54) is 0 Å². The summed E-state index contributed by atoms with van der Waals surface area (Å²) in [5, 5.41) is 18.8. The van der Waals surface area contributed by atoms with Gasteiger partial charge in [0, 0.05) is 0 Å². The summed E-state index contributed by atoms with van der Waals surface area (Å²) in [6.07, 6.45) is 7.35. The summed E-state index contributed by atoms with van der Waals surface area (Å²) >= 11 is 0. The lowest BCUT2D eigenvalue weighted by molar-refractivity contribution is -0.136. The van der Waals surface area contributed by atoms with Crippen molar-refractivity contribution < 1.29 is 19.8 Å². The van der Waals surface area contributed by atoms with Gasteiger partial charge in [-0.25, -0.2) is 9.59 Å². The van der Waals surface area contributed by atoms with Crippen molar-refractivity contribution in [1.29, 1.82) is 0 Å². The van der Waals surface area contributed by atoms with E-state index in [0.29, 0.717) is 0 Å². The molecule has 0 radical (unpaired) electrons. The molecule has 0 bridgehead atoms. The van der Waals surface area contributed by atoms with Crippen LogP contribution in [0, 0.1) is 11.8 Å². The molecule has 0 aliphatic heterocycles. The number of hydrogen-bond acceptors (Lipinski definition) is 2. The molecule has 2 N–H and O–H groups in total. The predicted octanol–water partition coefficient (Wildman–Crippen LogP) is 2.83. The molecule has 0 atom stereocenters. The van der Waals surface area contributed by atoms with Gasteiger partial charge in [-0.1, -0.05) is 25.7 Å². The molecule has 0 aromatic rings. The first-order chi connectivity index (χ1) is 8.61. The minimum absolute atomic E-state index is 0.0470. The van der Waals surface area contributed by atoms with Crippen molar-refractivity contribution in [3.05, 3.63) is 11.1 Å². The molecule has 4 heteroatoms. The molecule has 2 aliphatic carbocycles. The Labute approximate surface area is 107 Å². The van der Waals surface area contributed by atoms with Gasteiger partial charge in [-0.05, 0) is 37.5 Å². The van der Waals surface area contributed by atoms with Crippen LogP contribution in [0.2, 0.25) is 0 Å². The average Bonchev–Trinajstić information content (AvgIpc) is 2.97.